The zero-order valence-corrected chi connectivity index (χ0v) is 19.5. The highest BCUT2D eigenvalue weighted by Gasteiger charge is 2.54. The molecule has 0 N–H and O–H groups in total. The number of hydrogen-bond acceptors (Lipinski definition) is 2. The first-order valence-corrected chi connectivity index (χ1v) is 11.5. The molecule has 2 aliphatic rings. The number of ether oxygens (including phenoxy) is 1. The Morgan fingerprint density at radius 3 is 2.57 bits per heavy atom. The molecule has 1 fully saturated rings. The van der Waals surface area contributed by atoms with Gasteiger partial charge < -0.3 is 4.74 Å². The van der Waals surface area contributed by atoms with E-state index in [1.165, 1.54) is 27.5 Å². The minimum absolute atomic E-state index is 0.0477. The maximum atomic E-state index is 6.85. The first kappa shape index (κ1) is 19.9. The van der Waals surface area contributed by atoms with Crippen LogP contribution in [0.1, 0.15) is 56.7 Å². The largest absolute Gasteiger partial charge is 0.469 e. The highest BCUT2D eigenvalue weighted by atomic mass is 127. The summed E-state index contributed by atoms with van der Waals surface area (Å²) in [6.45, 7) is 10.1. The molecule has 0 radical (unpaired) electrons. The summed E-state index contributed by atoms with van der Waals surface area (Å²) < 4.78 is 8.10. The van der Waals surface area contributed by atoms with Gasteiger partial charge in [0.05, 0.1) is 6.54 Å². The third-order valence-corrected chi connectivity index (χ3v) is 8.31. The Bertz CT molecular complexity index is 889. The van der Waals surface area contributed by atoms with Gasteiger partial charge in [-0.3, -0.25) is 0 Å². The third-order valence-electron chi connectivity index (χ3n) is 6.88. The maximum Gasteiger partial charge on any atom is 0.217 e. The molecule has 0 aromatic heterocycles. The number of rotatable bonds is 3. The summed E-state index contributed by atoms with van der Waals surface area (Å²) in [6, 6.07) is 17.4. The van der Waals surface area contributed by atoms with Gasteiger partial charge in [-0.15, -0.1) is 0 Å². The second-order valence-electron chi connectivity index (χ2n) is 9.25. The number of benzene rings is 2. The van der Waals surface area contributed by atoms with Gasteiger partial charge in [0.2, 0.25) is 5.90 Å². The van der Waals surface area contributed by atoms with E-state index in [2.05, 4.69) is 98.8 Å². The molecule has 0 saturated heterocycles. The van der Waals surface area contributed by atoms with Crippen LogP contribution in [0.15, 0.2) is 53.5 Å². The number of halogens is 1. The zero-order valence-electron chi connectivity index (χ0n) is 17.3. The van der Waals surface area contributed by atoms with Gasteiger partial charge in [0.1, 0.15) is 5.60 Å². The first-order valence-electron chi connectivity index (χ1n) is 10.4. The van der Waals surface area contributed by atoms with Gasteiger partial charge in [0.25, 0.3) is 0 Å². The summed E-state index contributed by atoms with van der Waals surface area (Å²) >= 11 is 2.43. The SMILES string of the molecule is Cc1cccc(C2=NC[C@]3(C[C@H](C)CC[C@H]3C(C)(C)c3ccccc3)O2)c1I. The molecule has 2 aromatic rings. The van der Waals surface area contributed by atoms with Gasteiger partial charge in [-0.25, -0.2) is 4.99 Å². The van der Waals surface area contributed by atoms with Crippen molar-refractivity contribution in [3.8, 4) is 0 Å². The van der Waals surface area contributed by atoms with Crippen molar-refractivity contribution in [2.24, 2.45) is 16.8 Å². The lowest BCUT2D eigenvalue weighted by Gasteiger charge is -2.50. The van der Waals surface area contributed by atoms with E-state index in [1.54, 1.807) is 0 Å². The number of aliphatic imine (C=N–C) groups is 1. The second kappa shape index (κ2) is 7.47. The van der Waals surface area contributed by atoms with Gasteiger partial charge >= 0.3 is 0 Å². The molecule has 3 atom stereocenters. The fourth-order valence-electron chi connectivity index (χ4n) is 5.34. The molecule has 1 spiro atoms. The molecule has 3 heteroatoms. The van der Waals surface area contributed by atoms with E-state index in [0.717, 1.165) is 24.4 Å². The zero-order chi connectivity index (χ0) is 19.9. The molecule has 2 aromatic carbocycles. The van der Waals surface area contributed by atoms with E-state index < -0.39 is 0 Å². The second-order valence-corrected chi connectivity index (χ2v) is 10.3. The van der Waals surface area contributed by atoms with Gasteiger partial charge in [-0.2, -0.15) is 0 Å². The molecule has 1 saturated carbocycles. The Morgan fingerprint density at radius 2 is 1.82 bits per heavy atom. The lowest BCUT2D eigenvalue weighted by molar-refractivity contribution is -0.0554. The van der Waals surface area contributed by atoms with Crippen LogP contribution in [0.2, 0.25) is 0 Å². The Kier molecular flexibility index (Phi) is 5.32. The average molecular weight is 487 g/mol. The standard InChI is InChI=1S/C25H30INO/c1-17-13-14-21(24(3,4)19-10-6-5-7-11-19)25(15-17)16-27-23(28-25)20-12-8-9-18(2)22(20)26/h5-12,17,21H,13-16H2,1-4H3/t17-,21+,25+/m1/s1. The Hall–Kier alpha value is -1.36. The lowest BCUT2D eigenvalue weighted by Crippen LogP contribution is -2.53. The average Bonchev–Trinajstić information content (AvgIpc) is 3.08. The first-order chi connectivity index (χ1) is 13.3. The predicted octanol–water partition coefficient (Wildman–Crippen LogP) is 6.53. The number of nitrogens with zero attached hydrogens (tertiary/aromatic N) is 1. The minimum atomic E-state index is -0.195. The van der Waals surface area contributed by atoms with Crippen molar-refractivity contribution in [3.05, 3.63) is 68.8 Å². The van der Waals surface area contributed by atoms with Crippen LogP contribution in [0, 0.1) is 22.3 Å². The number of hydrogen-bond donors (Lipinski definition) is 0. The van der Waals surface area contributed by atoms with Gasteiger partial charge in [-0.05, 0) is 70.9 Å². The van der Waals surface area contributed by atoms with Crippen LogP contribution in [-0.2, 0) is 10.2 Å². The molecule has 4 rings (SSSR count). The smallest absolute Gasteiger partial charge is 0.217 e. The maximum absolute atomic E-state index is 6.85. The minimum Gasteiger partial charge on any atom is -0.469 e. The highest BCUT2D eigenvalue weighted by molar-refractivity contribution is 14.1. The Balaban J connectivity index is 1.69. The monoisotopic (exact) mass is 487 g/mol. The van der Waals surface area contributed by atoms with E-state index in [4.69, 9.17) is 9.73 Å². The molecule has 0 unspecified atom stereocenters. The molecule has 0 bridgehead atoms. The fourth-order valence-corrected chi connectivity index (χ4v) is 5.93. The van der Waals surface area contributed by atoms with Crippen LogP contribution < -0.4 is 0 Å². The van der Waals surface area contributed by atoms with Gasteiger partial charge in [0.15, 0.2) is 0 Å². The van der Waals surface area contributed by atoms with E-state index in [-0.39, 0.29) is 11.0 Å². The van der Waals surface area contributed by atoms with Crippen LogP contribution >= 0.6 is 22.6 Å². The van der Waals surface area contributed by atoms with Crippen molar-refractivity contribution >= 4 is 28.5 Å². The van der Waals surface area contributed by atoms with E-state index >= 15 is 0 Å². The fraction of sp³-hybridized carbons (Fsp3) is 0.480. The van der Waals surface area contributed by atoms with E-state index in [0.29, 0.717) is 11.8 Å². The molecular weight excluding hydrogens is 457 g/mol. The molecular formula is C25H30INO. The van der Waals surface area contributed by atoms with Crippen LogP contribution in [0.25, 0.3) is 0 Å². The summed E-state index contributed by atoms with van der Waals surface area (Å²) in [7, 11) is 0. The van der Waals surface area contributed by atoms with Crippen LogP contribution in [0.5, 0.6) is 0 Å². The van der Waals surface area contributed by atoms with Crippen LogP contribution in [-0.4, -0.2) is 18.0 Å². The van der Waals surface area contributed by atoms with Gasteiger partial charge in [-0.1, -0.05) is 69.7 Å². The molecule has 28 heavy (non-hydrogen) atoms. The molecule has 1 heterocycles. The predicted molar refractivity (Wildman–Crippen MR) is 125 cm³/mol. The topological polar surface area (TPSA) is 21.6 Å². The summed E-state index contributed by atoms with van der Waals surface area (Å²) in [6.07, 6.45) is 3.55. The Morgan fingerprint density at radius 1 is 1.07 bits per heavy atom. The number of aryl methyl sites for hydroxylation is 1. The summed E-state index contributed by atoms with van der Waals surface area (Å²) in [4.78, 5) is 4.97. The van der Waals surface area contributed by atoms with Crippen LogP contribution in [0.4, 0.5) is 0 Å². The van der Waals surface area contributed by atoms with E-state index in [1.807, 2.05) is 0 Å². The van der Waals surface area contributed by atoms with Gasteiger partial charge in [0, 0.05) is 15.1 Å². The van der Waals surface area contributed by atoms with Crippen molar-refractivity contribution in [2.75, 3.05) is 6.54 Å². The molecule has 0 amide bonds. The summed E-state index contributed by atoms with van der Waals surface area (Å²) in [5, 5.41) is 0. The van der Waals surface area contributed by atoms with Crippen LogP contribution in [0.3, 0.4) is 0 Å². The molecule has 148 valence electrons. The quantitative estimate of drug-likeness (QED) is 0.451. The normalized spacial score (nSPS) is 27.5. The molecule has 1 aliphatic heterocycles. The van der Waals surface area contributed by atoms with Crippen molar-refractivity contribution in [3.63, 3.8) is 0 Å². The summed E-state index contributed by atoms with van der Waals surface area (Å²) in [5.74, 6) is 1.97. The third kappa shape index (κ3) is 3.40. The molecule has 2 nitrogen and oxygen atoms in total. The highest BCUT2D eigenvalue weighted by Crippen LogP contribution is 2.51. The Labute approximate surface area is 182 Å². The van der Waals surface area contributed by atoms with E-state index in [9.17, 15) is 0 Å². The van der Waals surface area contributed by atoms with Crippen molar-refractivity contribution < 1.29 is 4.74 Å². The van der Waals surface area contributed by atoms with Crippen molar-refractivity contribution in [2.45, 2.75) is 58.0 Å². The molecule has 1 aliphatic carbocycles. The van der Waals surface area contributed by atoms with Crippen molar-refractivity contribution in [1.82, 2.24) is 0 Å². The lowest BCUT2D eigenvalue weighted by atomic mass is 9.59. The van der Waals surface area contributed by atoms with Crippen molar-refractivity contribution in [1.29, 1.82) is 0 Å². The summed E-state index contributed by atoms with van der Waals surface area (Å²) in [5.41, 5.74) is 3.68.